The Morgan fingerprint density at radius 2 is 1.83 bits per heavy atom. The molecule has 0 saturated heterocycles. The largest absolute Gasteiger partial charge is 0.469 e. The topological polar surface area (TPSA) is 55.4 Å². The van der Waals surface area contributed by atoms with E-state index in [2.05, 4.69) is 10.1 Å². The lowest BCUT2D eigenvalue weighted by molar-refractivity contribution is -0.140. The van der Waals surface area contributed by atoms with Gasteiger partial charge in [-0.25, -0.2) is 0 Å². The number of rotatable bonds is 3. The van der Waals surface area contributed by atoms with Crippen LogP contribution in [-0.2, 0) is 14.3 Å². The first-order chi connectivity index (χ1) is 5.66. The van der Waals surface area contributed by atoms with Gasteiger partial charge >= 0.3 is 5.97 Å². The van der Waals surface area contributed by atoms with E-state index in [0.717, 1.165) is 0 Å². The first-order valence-electron chi connectivity index (χ1n) is 3.98. The smallest absolute Gasteiger partial charge is 0.307 e. The first-order valence-corrected chi connectivity index (χ1v) is 3.98. The maximum absolute atomic E-state index is 10.4. The second kappa shape index (κ2) is 9.94. The number of esters is 1. The van der Waals surface area contributed by atoms with Gasteiger partial charge < -0.3 is 10.1 Å². The number of hydrogen-bond donors (Lipinski definition) is 1. The zero-order chi connectivity index (χ0) is 9.98. The lowest BCUT2D eigenvalue weighted by Crippen LogP contribution is -2.23. The van der Waals surface area contributed by atoms with Gasteiger partial charge in [0.1, 0.15) is 0 Å². The van der Waals surface area contributed by atoms with Crippen LogP contribution in [-0.4, -0.2) is 25.5 Å². The van der Waals surface area contributed by atoms with Crippen molar-refractivity contribution in [3.63, 3.8) is 0 Å². The average molecular weight is 175 g/mol. The van der Waals surface area contributed by atoms with Crippen molar-refractivity contribution in [1.82, 2.24) is 5.32 Å². The summed E-state index contributed by atoms with van der Waals surface area (Å²) in [4.78, 5) is 20.7. The lowest BCUT2D eigenvalue weighted by atomic mass is 10.4. The molecule has 0 saturated carbocycles. The number of nitrogens with one attached hydrogen (secondary N) is 1. The Morgan fingerprint density at radius 1 is 1.33 bits per heavy atom. The molecule has 0 rings (SSSR count). The molecule has 0 fully saturated rings. The van der Waals surface area contributed by atoms with Crippen LogP contribution in [0.25, 0.3) is 0 Å². The summed E-state index contributed by atoms with van der Waals surface area (Å²) in [7, 11) is 1.32. The molecule has 0 bridgehead atoms. The molecule has 0 aromatic rings. The van der Waals surface area contributed by atoms with Gasteiger partial charge in [0, 0.05) is 13.5 Å². The second-order valence-corrected chi connectivity index (χ2v) is 1.81. The van der Waals surface area contributed by atoms with E-state index in [4.69, 9.17) is 0 Å². The minimum absolute atomic E-state index is 0.135. The van der Waals surface area contributed by atoms with Crippen molar-refractivity contribution < 1.29 is 14.3 Å². The van der Waals surface area contributed by atoms with Crippen LogP contribution in [0.1, 0.15) is 27.2 Å². The average Bonchev–Trinajstić information content (AvgIpc) is 2.07. The normalized spacial score (nSPS) is 7.67. The van der Waals surface area contributed by atoms with Crippen LogP contribution >= 0.6 is 0 Å². The third-order valence-electron chi connectivity index (χ3n) is 0.931. The van der Waals surface area contributed by atoms with E-state index in [9.17, 15) is 9.59 Å². The van der Waals surface area contributed by atoms with Crippen LogP contribution in [0.2, 0.25) is 0 Å². The zero-order valence-corrected chi connectivity index (χ0v) is 8.14. The fourth-order valence-corrected chi connectivity index (χ4v) is 0.443. The van der Waals surface area contributed by atoms with Crippen molar-refractivity contribution in [3.05, 3.63) is 0 Å². The second-order valence-electron chi connectivity index (χ2n) is 1.81. The summed E-state index contributed by atoms with van der Waals surface area (Å²) in [5, 5.41) is 2.47. The Morgan fingerprint density at radius 3 is 2.17 bits per heavy atom. The Balaban J connectivity index is 0. The minimum atomic E-state index is -0.311. The molecule has 1 amide bonds. The third-order valence-corrected chi connectivity index (χ3v) is 0.931. The molecule has 1 N–H and O–H groups in total. The van der Waals surface area contributed by atoms with Gasteiger partial charge in [-0.2, -0.15) is 0 Å². The summed E-state index contributed by atoms with van der Waals surface area (Å²) in [5.41, 5.74) is 0. The number of ether oxygens (including phenoxy) is 1. The van der Waals surface area contributed by atoms with Gasteiger partial charge in [-0.3, -0.25) is 9.59 Å². The van der Waals surface area contributed by atoms with Gasteiger partial charge in [-0.1, -0.05) is 13.8 Å². The van der Waals surface area contributed by atoms with E-state index in [0.29, 0.717) is 6.54 Å². The summed E-state index contributed by atoms with van der Waals surface area (Å²) in [6, 6.07) is 0. The number of amides is 1. The molecule has 0 aliphatic heterocycles. The van der Waals surface area contributed by atoms with E-state index >= 15 is 0 Å². The summed E-state index contributed by atoms with van der Waals surface area (Å²) in [6.07, 6.45) is 0.232. The third kappa shape index (κ3) is 11.7. The number of carbonyl (C=O) groups is 2. The summed E-state index contributed by atoms with van der Waals surface area (Å²) in [6.45, 7) is 5.75. The van der Waals surface area contributed by atoms with Crippen LogP contribution in [0.5, 0.6) is 0 Å². The molecule has 0 unspecified atom stereocenters. The van der Waals surface area contributed by atoms with Crippen molar-refractivity contribution in [1.29, 1.82) is 0 Å². The fraction of sp³-hybridized carbons (Fsp3) is 0.750. The Hall–Kier alpha value is -1.06. The van der Waals surface area contributed by atoms with Gasteiger partial charge in [0.2, 0.25) is 5.91 Å². The highest BCUT2D eigenvalue weighted by atomic mass is 16.5. The van der Waals surface area contributed by atoms with Crippen molar-refractivity contribution in [2.75, 3.05) is 13.7 Å². The van der Waals surface area contributed by atoms with E-state index in [1.165, 1.54) is 14.0 Å². The van der Waals surface area contributed by atoms with Crippen LogP contribution in [0.3, 0.4) is 0 Å². The van der Waals surface area contributed by atoms with Crippen LogP contribution < -0.4 is 5.32 Å². The molecule has 0 atom stereocenters. The van der Waals surface area contributed by atoms with Crippen molar-refractivity contribution >= 4 is 11.9 Å². The maximum Gasteiger partial charge on any atom is 0.307 e. The standard InChI is InChI=1S/C6H11NO3.C2H6/c1-5(8)7-4-3-6(9)10-2;1-2/h3-4H2,1-2H3,(H,7,8);1-2H3. The van der Waals surface area contributed by atoms with Crippen LogP contribution in [0, 0.1) is 0 Å². The highest BCUT2D eigenvalue weighted by Gasteiger charge is 1.98. The zero-order valence-electron chi connectivity index (χ0n) is 8.14. The van der Waals surface area contributed by atoms with Gasteiger partial charge in [-0.05, 0) is 0 Å². The molecule has 4 heteroatoms. The van der Waals surface area contributed by atoms with Gasteiger partial charge in [0.25, 0.3) is 0 Å². The predicted octanol–water partition coefficient (Wildman–Crippen LogP) is 0.712. The molecular formula is C8H17NO3. The summed E-state index contributed by atoms with van der Waals surface area (Å²) >= 11 is 0. The molecular weight excluding hydrogens is 158 g/mol. The molecule has 0 aromatic carbocycles. The van der Waals surface area contributed by atoms with E-state index in [-0.39, 0.29) is 18.3 Å². The Bertz CT molecular complexity index is 134. The molecule has 0 aliphatic rings. The molecule has 72 valence electrons. The summed E-state index contributed by atoms with van der Waals surface area (Å²) < 4.78 is 4.34. The Labute approximate surface area is 73.3 Å². The van der Waals surface area contributed by atoms with Crippen molar-refractivity contribution in [2.45, 2.75) is 27.2 Å². The van der Waals surface area contributed by atoms with E-state index in [1.54, 1.807) is 0 Å². The number of hydrogen-bond acceptors (Lipinski definition) is 3. The van der Waals surface area contributed by atoms with Gasteiger partial charge in [-0.15, -0.1) is 0 Å². The molecule has 0 radical (unpaired) electrons. The van der Waals surface area contributed by atoms with E-state index < -0.39 is 0 Å². The minimum Gasteiger partial charge on any atom is -0.469 e. The molecule has 0 heterocycles. The monoisotopic (exact) mass is 175 g/mol. The SMILES string of the molecule is CC.COC(=O)CCNC(C)=O. The van der Waals surface area contributed by atoms with E-state index in [1.807, 2.05) is 13.8 Å². The number of methoxy groups -OCH3 is 1. The van der Waals surface area contributed by atoms with Gasteiger partial charge in [0.15, 0.2) is 0 Å². The lowest BCUT2D eigenvalue weighted by Gasteiger charge is -1.98. The molecule has 4 nitrogen and oxygen atoms in total. The quantitative estimate of drug-likeness (QED) is 0.643. The van der Waals surface area contributed by atoms with Crippen LogP contribution in [0.15, 0.2) is 0 Å². The predicted molar refractivity (Wildman–Crippen MR) is 46.7 cm³/mol. The maximum atomic E-state index is 10.4. The van der Waals surface area contributed by atoms with Crippen molar-refractivity contribution in [3.8, 4) is 0 Å². The summed E-state index contributed by atoms with van der Waals surface area (Å²) in [5.74, 6) is -0.447. The first kappa shape index (κ1) is 13.5. The highest BCUT2D eigenvalue weighted by molar-refractivity contribution is 5.74. The molecule has 0 spiro atoms. The van der Waals surface area contributed by atoms with Crippen molar-refractivity contribution in [2.24, 2.45) is 0 Å². The molecule has 12 heavy (non-hydrogen) atoms. The highest BCUT2D eigenvalue weighted by Crippen LogP contribution is 1.80. The van der Waals surface area contributed by atoms with Crippen LogP contribution in [0.4, 0.5) is 0 Å². The van der Waals surface area contributed by atoms with Gasteiger partial charge in [0.05, 0.1) is 13.5 Å². The number of carbonyl (C=O) groups excluding carboxylic acids is 2. The fourth-order valence-electron chi connectivity index (χ4n) is 0.443. The molecule has 0 aliphatic carbocycles. The Kier molecular flexibility index (Phi) is 11.2. The molecule has 0 aromatic heterocycles.